The SMILES string of the molecule is Cc1ccc(S(=O)(=O)NNc2ncnc(N3CCc4ccccc43)c2[N+](=O)[O-])cc1. The van der Waals surface area contributed by atoms with Crippen molar-refractivity contribution in [2.75, 3.05) is 16.9 Å². The van der Waals surface area contributed by atoms with Gasteiger partial charge in [0.05, 0.1) is 9.82 Å². The minimum atomic E-state index is -3.96. The van der Waals surface area contributed by atoms with Crippen molar-refractivity contribution in [1.29, 1.82) is 0 Å². The van der Waals surface area contributed by atoms with Gasteiger partial charge in [-0.2, -0.15) is 0 Å². The smallest absolute Gasteiger partial charge is 0.320 e. The molecule has 0 radical (unpaired) electrons. The molecule has 2 heterocycles. The third-order valence-electron chi connectivity index (χ3n) is 4.76. The van der Waals surface area contributed by atoms with Crippen molar-refractivity contribution in [1.82, 2.24) is 14.8 Å². The number of anilines is 3. The molecule has 0 amide bonds. The summed E-state index contributed by atoms with van der Waals surface area (Å²) in [4.78, 5) is 23.1. The summed E-state index contributed by atoms with van der Waals surface area (Å²) >= 11 is 0. The number of nitrogens with zero attached hydrogens (tertiary/aromatic N) is 4. The number of aromatic nitrogens is 2. The first-order valence-electron chi connectivity index (χ1n) is 9.06. The van der Waals surface area contributed by atoms with Gasteiger partial charge in [-0.05, 0) is 37.1 Å². The molecule has 11 heteroatoms. The summed E-state index contributed by atoms with van der Waals surface area (Å²) in [7, 11) is -3.96. The Bertz CT molecular complexity index is 1210. The average molecular weight is 426 g/mol. The molecule has 4 rings (SSSR count). The molecule has 2 N–H and O–H groups in total. The van der Waals surface area contributed by atoms with Gasteiger partial charge in [-0.3, -0.25) is 15.5 Å². The van der Waals surface area contributed by atoms with E-state index in [1.165, 1.54) is 12.1 Å². The summed E-state index contributed by atoms with van der Waals surface area (Å²) in [5.41, 5.74) is 4.75. The number of nitrogens with one attached hydrogen (secondary N) is 2. The molecule has 0 atom stereocenters. The number of hydrogen-bond donors (Lipinski definition) is 2. The van der Waals surface area contributed by atoms with Crippen LogP contribution in [0.5, 0.6) is 0 Å². The van der Waals surface area contributed by atoms with E-state index in [0.717, 1.165) is 29.6 Å². The van der Waals surface area contributed by atoms with Gasteiger partial charge >= 0.3 is 5.69 Å². The molecule has 1 aliphatic heterocycles. The average Bonchev–Trinajstić information content (AvgIpc) is 3.16. The summed E-state index contributed by atoms with van der Waals surface area (Å²) in [5.74, 6) is -0.151. The fraction of sp³-hybridized carbons (Fsp3) is 0.158. The Hall–Kier alpha value is -3.57. The van der Waals surface area contributed by atoms with Gasteiger partial charge in [-0.1, -0.05) is 35.9 Å². The van der Waals surface area contributed by atoms with Crippen molar-refractivity contribution in [3.05, 3.63) is 76.1 Å². The third kappa shape index (κ3) is 3.67. The van der Waals surface area contributed by atoms with Crippen LogP contribution in [0.3, 0.4) is 0 Å². The largest absolute Gasteiger partial charge is 0.355 e. The quantitative estimate of drug-likeness (QED) is 0.454. The molecule has 10 nitrogen and oxygen atoms in total. The van der Waals surface area contributed by atoms with E-state index in [-0.39, 0.29) is 16.5 Å². The van der Waals surface area contributed by atoms with Crippen molar-refractivity contribution in [2.24, 2.45) is 0 Å². The van der Waals surface area contributed by atoms with E-state index >= 15 is 0 Å². The fourth-order valence-electron chi connectivity index (χ4n) is 3.28. The summed E-state index contributed by atoms with van der Waals surface area (Å²) in [5, 5.41) is 11.8. The number of hydrogen-bond acceptors (Lipinski definition) is 8. The zero-order valence-electron chi connectivity index (χ0n) is 15.9. The maximum absolute atomic E-state index is 12.5. The van der Waals surface area contributed by atoms with Crippen LogP contribution in [0.2, 0.25) is 0 Å². The van der Waals surface area contributed by atoms with Crippen LogP contribution >= 0.6 is 0 Å². The Morgan fingerprint density at radius 1 is 1.10 bits per heavy atom. The van der Waals surface area contributed by atoms with Crippen molar-refractivity contribution in [3.63, 3.8) is 0 Å². The maximum Gasteiger partial charge on any atom is 0.355 e. The van der Waals surface area contributed by atoms with E-state index in [2.05, 4.69) is 20.2 Å². The predicted octanol–water partition coefficient (Wildman–Crippen LogP) is 2.69. The van der Waals surface area contributed by atoms with Gasteiger partial charge in [0.15, 0.2) is 0 Å². The topological polar surface area (TPSA) is 130 Å². The predicted molar refractivity (Wildman–Crippen MR) is 111 cm³/mol. The van der Waals surface area contributed by atoms with Gasteiger partial charge < -0.3 is 4.90 Å². The van der Waals surface area contributed by atoms with Gasteiger partial charge in [0.1, 0.15) is 6.33 Å². The number of fused-ring (bicyclic) bond motifs is 1. The molecule has 0 bridgehead atoms. The number of benzene rings is 2. The van der Waals surface area contributed by atoms with Crippen molar-refractivity contribution < 1.29 is 13.3 Å². The first-order chi connectivity index (χ1) is 14.4. The van der Waals surface area contributed by atoms with Gasteiger partial charge in [0, 0.05) is 12.2 Å². The lowest BCUT2D eigenvalue weighted by atomic mass is 10.2. The highest BCUT2D eigenvalue weighted by atomic mass is 32.2. The number of nitro groups is 1. The van der Waals surface area contributed by atoms with Crippen molar-refractivity contribution >= 4 is 33.0 Å². The number of para-hydroxylation sites is 1. The molecule has 0 unspecified atom stereocenters. The minimum absolute atomic E-state index is 0.0194. The normalized spacial score (nSPS) is 13.2. The van der Waals surface area contributed by atoms with Crippen LogP contribution in [0.1, 0.15) is 11.1 Å². The lowest BCUT2D eigenvalue weighted by molar-refractivity contribution is -0.383. The van der Waals surface area contributed by atoms with E-state index in [1.807, 2.05) is 31.2 Å². The first-order valence-corrected chi connectivity index (χ1v) is 10.5. The molecule has 2 aromatic carbocycles. The Kier molecular flexibility index (Phi) is 5.06. The van der Waals surface area contributed by atoms with Crippen LogP contribution in [0.4, 0.5) is 23.0 Å². The lowest BCUT2D eigenvalue weighted by Gasteiger charge is -2.19. The molecule has 0 aliphatic carbocycles. The Morgan fingerprint density at radius 2 is 1.83 bits per heavy atom. The van der Waals surface area contributed by atoms with Crippen LogP contribution in [0.15, 0.2) is 59.8 Å². The van der Waals surface area contributed by atoms with Crippen LogP contribution in [0, 0.1) is 17.0 Å². The third-order valence-corrected chi connectivity index (χ3v) is 6.03. The molecule has 30 heavy (non-hydrogen) atoms. The highest BCUT2D eigenvalue weighted by Crippen LogP contribution is 2.39. The Balaban J connectivity index is 1.66. The second kappa shape index (κ2) is 7.69. The van der Waals surface area contributed by atoms with E-state index < -0.39 is 20.6 Å². The van der Waals surface area contributed by atoms with Gasteiger partial charge in [-0.15, -0.1) is 4.83 Å². The molecular weight excluding hydrogens is 408 g/mol. The summed E-state index contributed by atoms with van der Waals surface area (Å²) < 4.78 is 25.0. The first kappa shape index (κ1) is 19.7. The Morgan fingerprint density at radius 3 is 2.57 bits per heavy atom. The fourth-order valence-corrected chi connectivity index (χ4v) is 4.12. The van der Waals surface area contributed by atoms with E-state index in [9.17, 15) is 18.5 Å². The lowest BCUT2D eigenvalue weighted by Crippen LogP contribution is -2.30. The molecule has 0 saturated heterocycles. The summed E-state index contributed by atoms with van der Waals surface area (Å²) in [6.45, 7) is 2.36. The zero-order valence-corrected chi connectivity index (χ0v) is 16.8. The number of hydrazine groups is 1. The number of sulfonamides is 1. The molecule has 154 valence electrons. The van der Waals surface area contributed by atoms with Crippen LogP contribution < -0.4 is 15.2 Å². The highest BCUT2D eigenvalue weighted by Gasteiger charge is 2.31. The summed E-state index contributed by atoms with van der Waals surface area (Å²) in [6.07, 6.45) is 1.88. The minimum Gasteiger partial charge on any atom is -0.320 e. The monoisotopic (exact) mass is 426 g/mol. The van der Waals surface area contributed by atoms with Gasteiger partial charge in [0.25, 0.3) is 10.0 Å². The maximum atomic E-state index is 12.5. The molecule has 3 aromatic rings. The van der Waals surface area contributed by atoms with E-state index in [4.69, 9.17) is 0 Å². The second-order valence-corrected chi connectivity index (χ2v) is 8.41. The molecule has 0 saturated carbocycles. The van der Waals surface area contributed by atoms with Crippen LogP contribution in [0.25, 0.3) is 0 Å². The van der Waals surface area contributed by atoms with Crippen molar-refractivity contribution in [2.45, 2.75) is 18.2 Å². The molecule has 0 fully saturated rings. The van der Waals surface area contributed by atoms with E-state index in [0.29, 0.717) is 6.54 Å². The summed E-state index contributed by atoms with van der Waals surface area (Å²) in [6, 6.07) is 13.8. The van der Waals surface area contributed by atoms with Crippen LogP contribution in [-0.2, 0) is 16.4 Å². The van der Waals surface area contributed by atoms with Crippen molar-refractivity contribution in [3.8, 4) is 0 Å². The zero-order chi connectivity index (χ0) is 21.3. The molecule has 0 spiro atoms. The number of rotatable bonds is 6. The van der Waals surface area contributed by atoms with E-state index in [1.54, 1.807) is 17.0 Å². The molecule has 1 aromatic heterocycles. The standard InChI is InChI=1S/C19H18N6O4S/c1-13-6-8-15(9-7-13)30(28,29)23-22-18-17(25(26)27)19(21-12-20-18)24-11-10-14-4-2-3-5-16(14)24/h2-9,12,23H,10-11H2,1H3,(H,20,21,22). The molecule has 1 aliphatic rings. The van der Waals surface area contributed by atoms with Gasteiger partial charge in [0.2, 0.25) is 11.6 Å². The van der Waals surface area contributed by atoms with Crippen LogP contribution in [-0.4, -0.2) is 29.9 Å². The molecular formula is C19H18N6O4S. The van der Waals surface area contributed by atoms with Gasteiger partial charge in [-0.25, -0.2) is 18.4 Å². The Labute approximate surface area is 172 Å². The highest BCUT2D eigenvalue weighted by molar-refractivity contribution is 7.89. The second-order valence-electron chi connectivity index (χ2n) is 6.73. The number of aryl methyl sites for hydroxylation is 1.